The van der Waals surface area contributed by atoms with Crippen LogP contribution in [0, 0.1) is 0 Å². The summed E-state index contributed by atoms with van der Waals surface area (Å²) in [6, 6.07) is 14.1. The predicted molar refractivity (Wildman–Crippen MR) is 114 cm³/mol. The number of nitrogens with zero attached hydrogens (tertiary/aromatic N) is 4. The molecular formula is C22H20N6O3. The van der Waals surface area contributed by atoms with Crippen LogP contribution >= 0.6 is 0 Å². The summed E-state index contributed by atoms with van der Waals surface area (Å²) in [5.41, 5.74) is 3.90. The summed E-state index contributed by atoms with van der Waals surface area (Å²) in [7, 11) is 1.78. The number of nitrogens with one attached hydrogen (secondary N) is 2. The SMILES string of the molecule is Cn1nc(-c2ccccc2)cc1Nc1cc(O)cc(O)c1C(=O)N1Cc2cn[nH]c2C1. The van der Waals surface area contributed by atoms with E-state index in [0.717, 1.165) is 28.6 Å². The van der Waals surface area contributed by atoms with Gasteiger partial charge in [-0.2, -0.15) is 10.2 Å². The molecule has 0 spiro atoms. The second-order valence-corrected chi connectivity index (χ2v) is 7.45. The minimum Gasteiger partial charge on any atom is -0.508 e. The van der Waals surface area contributed by atoms with Crippen LogP contribution in [0.25, 0.3) is 11.3 Å². The summed E-state index contributed by atoms with van der Waals surface area (Å²) in [5.74, 6) is -0.201. The van der Waals surface area contributed by atoms with Gasteiger partial charge in [0.25, 0.3) is 5.91 Å². The highest BCUT2D eigenvalue weighted by Crippen LogP contribution is 2.36. The second kappa shape index (κ2) is 7.21. The number of carbonyl (C=O) groups is 1. The number of benzene rings is 2. The van der Waals surface area contributed by atoms with Crippen LogP contribution in [0.4, 0.5) is 11.5 Å². The zero-order valence-electron chi connectivity index (χ0n) is 16.7. The lowest BCUT2D eigenvalue weighted by molar-refractivity contribution is 0.0747. The van der Waals surface area contributed by atoms with Crippen molar-refractivity contribution >= 4 is 17.4 Å². The van der Waals surface area contributed by atoms with Crippen LogP contribution in [-0.2, 0) is 20.1 Å². The van der Waals surface area contributed by atoms with Crippen LogP contribution < -0.4 is 5.32 Å². The monoisotopic (exact) mass is 416 g/mol. The molecule has 2 aromatic carbocycles. The van der Waals surface area contributed by atoms with Gasteiger partial charge in [0.05, 0.1) is 29.8 Å². The number of amides is 1. The van der Waals surface area contributed by atoms with Gasteiger partial charge in [-0.25, -0.2) is 0 Å². The fraction of sp³-hybridized carbons (Fsp3) is 0.136. The lowest BCUT2D eigenvalue weighted by Crippen LogP contribution is -2.26. The number of carbonyl (C=O) groups excluding carboxylic acids is 1. The minimum absolute atomic E-state index is 0.0818. The van der Waals surface area contributed by atoms with Gasteiger partial charge in [0.2, 0.25) is 0 Å². The first kappa shape index (κ1) is 18.7. The molecule has 2 aromatic heterocycles. The van der Waals surface area contributed by atoms with E-state index in [9.17, 15) is 15.0 Å². The van der Waals surface area contributed by atoms with E-state index in [4.69, 9.17) is 0 Å². The van der Waals surface area contributed by atoms with Crippen molar-refractivity contribution in [3.8, 4) is 22.8 Å². The second-order valence-electron chi connectivity index (χ2n) is 7.45. The van der Waals surface area contributed by atoms with E-state index in [-0.39, 0.29) is 23.0 Å². The molecule has 0 radical (unpaired) electrons. The average molecular weight is 416 g/mol. The molecule has 0 saturated heterocycles. The van der Waals surface area contributed by atoms with Crippen molar-refractivity contribution in [1.82, 2.24) is 24.9 Å². The Morgan fingerprint density at radius 2 is 1.94 bits per heavy atom. The van der Waals surface area contributed by atoms with E-state index < -0.39 is 0 Å². The molecule has 1 aliphatic rings. The maximum absolute atomic E-state index is 13.3. The zero-order valence-corrected chi connectivity index (χ0v) is 16.7. The molecule has 156 valence electrons. The Kier molecular flexibility index (Phi) is 4.36. The van der Waals surface area contributed by atoms with Crippen LogP contribution in [0.5, 0.6) is 11.5 Å². The molecule has 0 fully saturated rings. The third-order valence-electron chi connectivity index (χ3n) is 5.33. The quantitative estimate of drug-likeness (QED) is 0.406. The van der Waals surface area contributed by atoms with Crippen LogP contribution in [0.15, 0.2) is 54.7 Å². The van der Waals surface area contributed by atoms with Crippen molar-refractivity contribution in [3.63, 3.8) is 0 Å². The smallest absolute Gasteiger partial charge is 0.260 e. The minimum atomic E-state index is -0.352. The molecule has 4 aromatic rings. The van der Waals surface area contributed by atoms with E-state index in [1.807, 2.05) is 36.4 Å². The molecule has 0 aliphatic carbocycles. The lowest BCUT2D eigenvalue weighted by atomic mass is 10.1. The molecule has 31 heavy (non-hydrogen) atoms. The summed E-state index contributed by atoms with van der Waals surface area (Å²) in [6.07, 6.45) is 1.69. The molecule has 9 nitrogen and oxygen atoms in total. The maximum atomic E-state index is 13.3. The summed E-state index contributed by atoms with van der Waals surface area (Å²) in [4.78, 5) is 14.9. The molecule has 3 heterocycles. The molecule has 5 rings (SSSR count). The van der Waals surface area contributed by atoms with Crippen molar-refractivity contribution in [2.75, 3.05) is 5.32 Å². The zero-order chi connectivity index (χ0) is 21.5. The highest BCUT2D eigenvalue weighted by atomic mass is 16.3. The number of aryl methyl sites for hydroxylation is 1. The topological polar surface area (TPSA) is 119 Å². The van der Waals surface area contributed by atoms with Crippen molar-refractivity contribution in [2.45, 2.75) is 13.1 Å². The number of phenolic OH excluding ortho intramolecular Hbond substituents is 2. The summed E-state index contributed by atoms with van der Waals surface area (Å²) in [6.45, 7) is 0.770. The Hall–Kier alpha value is -4.27. The van der Waals surface area contributed by atoms with Gasteiger partial charge in [-0.15, -0.1) is 0 Å². The maximum Gasteiger partial charge on any atom is 0.260 e. The molecule has 1 amide bonds. The van der Waals surface area contributed by atoms with Crippen molar-refractivity contribution < 1.29 is 15.0 Å². The normalized spacial score (nSPS) is 12.7. The van der Waals surface area contributed by atoms with Gasteiger partial charge in [0, 0.05) is 42.9 Å². The van der Waals surface area contributed by atoms with Crippen LogP contribution in [-0.4, -0.2) is 41.0 Å². The Labute approximate surface area is 177 Å². The number of aromatic nitrogens is 4. The highest BCUT2D eigenvalue weighted by molar-refractivity contribution is 6.03. The molecule has 1 aliphatic heterocycles. The lowest BCUT2D eigenvalue weighted by Gasteiger charge is -2.19. The van der Waals surface area contributed by atoms with Crippen LogP contribution in [0.3, 0.4) is 0 Å². The van der Waals surface area contributed by atoms with Gasteiger partial charge in [0.1, 0.15) is 22.9 Å². The van der Waals surface area contributed by atoms with Gasteiger partial charge < -0.3 is 20.4 Å². The number of fused-ring (bicyclic) bond motifs is 1. The van der Waals surface area contributed by atoms with Gasteiger partial charge in [-0.1, -0.05) is 30.3 Å². The van der Waals surface area contributed by atoms with E-state index in [1.165, 1.54) is 6.07 Å². The number of hydrogen-bond acceptors (Lipinski definition) is 6. The first-order valence-electron chi connectivity index (χ1n) is 9.72. The summed E-state index contributed by atoms with van der Waals surface area (Å²) < 4.78 is 1.64. The van der Waals surface area contributed by atoms with Crippen molar-refractivity contribution in [3.05, 3.63) is 71.5 Å². The molecule has 0 unspecified atom stereocenters. The fourth-order valence-electron chi connectivity index (χ4n) is 3.77. The van der Waals surface area contributed by atoms with Gasteiger partial charge in [-0.3, -0.25) is 14.6 Å². The van der Waals surface area contributed by atoms with Gasteiger partial charge >= 0.3 is 0 Å². The third kappa shape index (κ3) is 3.35. The van der Waals surface area contributed by atoms with Gasteiger partial charge in [-0.05, 0) is 0 Å². The van der Waals surface area contributed by atoms with E-state index >= 15 is 0 Å². The largest absolute Gasteiger partial charge is 0.508 e. The highest BCUT2D eigenvalue weighted by Gasteiger charge is 2.29. The number of anilines is 2. The molecule has 9 heteroatoms. The van der Waals surface area contributed by atoms with E-state index in [2.05, 4.69) is 20.6 Å². The Morgan fingerprint density at radius 1 is 1.13 bits per heavy atom. The first-order chi connectivity index (χ1) is 15.0. The van der Waals surface area contributed by atoms with Crippen LogP contribution in [0.1, 0.15) is 21.6 Å². The molecule has 0 atom stereocenters. The number of hydrogen-bond donors (Lipinski definition) is 4. The van der Waals surface area contributed by atoms with Crippen molar-refractivity contribution in [1.29, 1.82) is 0 Å². The Morgan fingerprint density at radius 3 is 2.71 bits per heavy atom. The summed E-state index contributed by atoms with van der Waals surface area (Å²) in [5, 5.41) is 35.1. The van der Waals surface area contributed by atoms with E-state index in [1.54, 1.807) is 22.8 Å². The Balaban J connectivity index is 1.48. The van der Waals surface area contributed by atoms with Crippen molar-refractivity contribution in [2.24, 2.45) is 7.05 Å². The summed E-state index contributed by atoms with van der Waals surface area (Å²) >= 11 is 0. The molecule has 0 bridgehead atoms. The fourth-order valence-corrected chi connectivity index (χ4v) is 3.77. The first-order valence-corrected chi connectivity index (χ1v) is 9.72. The number of rotatable bonds is 4. The third-order valence-corrected chi connectivity index (χ3v) is 5.33. The van der Waals surface area contributed by atoms with E-state index in [0.29, 0.717) is 24.6 Å². The predicted octanol–water partition coefficient (Wildman–Crippen LogP) is 3.12. The number of aromatic hydroxyl groups is 2. The Bertz CT molecular complexity index is 1260. The molecule has 4 N–H and O–H groups in total. The molecular weight excluding hydrogens is 396 g/mol. The number of aromatic amines is 1. The number of H-pyrrole nitrogens is 1. The standard InChI is InChI=1S/C22H20N6O3/c1-27-20(9-16(26-27)13-5-3-2-4-6-13)24-17-7-15(29)8-19(30)21(17)22(31)28-11-14-10-23-25-18(14)12-28/h2-10,24,29-30H,11-12H2,1H3,(H,23,25). The number of phenols is 2. The molecule has 0 saturated carbocycles. The van der Waals surface area contributed by atoms with Gasteiger partial charge in [0.15, 0.2) is 0 Å². The average Bonchev–Trinajstić information content (AvgIpc) is 3.43. The van der Waals surface area contributed by atoms with Crippen LogP contribution in [0.2, 0.25) is 0 Å².